The van der Waals surface area contributed by atoms with Gasteiger partial charge in [0.2, 0.25) is 15.9 Å². The molecule has 2 unspecified atom stereocenters. The molecule has 2 fully saturated rings. The van der Waals surface area contributed by atoms with Gasteiger partial charge in [0, 0.05) is 17.6 Å². The van der Waals surface area contributed by atoms with E-state index < -0.39 is 10.0 Å². The van der Waals surface area contributed by atoms with Crippen molar-refractivity contribution in [3.63, 3.8) is 0 Å². The molecule has 2 aliphatic rings. The molecule has 8 heteroatoms. The summed E-state index contributed by atoms with van der Waals surface area (Å²) >= 11 is 0. The van der Waals surface area contributed by atoms with E-state index in [1.165, 1.54) is 18.6 Å². The molecule has 0 heterocycles. The normalized spacial score (nSPS) is 28.2. The van der Waals surface area contributed by atoms with Crippen LogP contribution in [0.3, 0.4) is 0 Å². The number of primary sulfonamides is 1. The highest BCUT2D eigenvalue weighted by molar-refractivity contribution is 7.89. The van der Waals surface area contributed by atoms with Crippen LogP contribution in [0.15, 0.2) is 17.0 Å². The van der Waals surface area contributed by atoms with Gasteiger partial charge in [0.25, 0.3) is 0 Å². The van der Waals surface area contributed by atoms with Crippen molar-refractivity contribution in [3.8, 4) is 0 Å². The standard InChI is InChI=1S/C18H27N3O3S.ClH/c1-10-6-15(25(20,23)24)9-16(11(10)2)21-18(22)14-7-12-4-3-5-13(8-14)17(12)19;/h6,9,12-14,17H,3-5,7-8,19H2,1-2H3,(H,21,22)(H2,20,23,24);1H. The van der Waals surface area contributed by atoms with Crippen LogP contribution < -0.4 is 16.2 Å². The van der Waals surface area contributed by atoms with E-state index in [2.05, 4.69) is 5.32 Å². The first kappa shape index (κ1) is 21.2. The van der Waals surface area contributed by atoms with Gasteiger partial charge in [-0.1, -0.05) is 6.42 Å². The number of rotatable bonds is 3. The summed E-state index contributed by atoms with van der Waals surface area (Å²) in [4.78, 5) is 12.8. The number of sulfonamides is 1. The van der Waals surface area contributed by atoms with Crippen LogP contribution in [0.2, 0.25) is 0 Å². The van der Waals surface area contributed by atoms with Crippen molar-refractivity contribution in [2.45, 2.75) is 56.9 Å². The number of amides is 1. The molecule has 1 aromatic carbocycles. The zero-order valence-electron chi connectivity index (χ0n) is 15.2. The maximum Gasteiger partial charge on any atom is 0.238 e. The summed E-state index contributed by atoms with van der Waals surface area (Å²) in [5.41, 5.74) is 8.46. The Hall–Kier alpha value is -1.15. The summed E-state index contributed by atoms with van der Waals surface area (Å²) in [5, 5.41) is 8.18. The number of hydrogen-bond donors (Lipinski definition) is 3. The third-order valence-electron chi connectivity index (χ3n) is 6.01. The van der Waals surface area contributed by atoms with Gasteiger partial charge in [0.15, 0.2) is 0 Å². The molecule has 2 saturated carbocycles. The Morgan fingerprint density at radius 1 is 1.15 bits per heavy atom. The minimum absolute atomic E-state index is 0. The second-order valence-corrected chi connectivity index (χ2v) is 9.21. The quantitative estimate of drug-likeness (QED) is 0.721. The average Bonchev–Trinajstić information content (AvgIpc) is 2.50. The van der Waals surface area contributed by atoms with Crippen LogP contribution in [0, 0.1) is 31.6 Å². The molecule has 6 nitrogen and oxygen atoms in total. The van der Waals surface area contributed by atoms with Gasteiger partial charge in [-0.15, -0.1) is 12.4 Å². The molecule has 2 atom stereocenters. The van der Waals surface area contributed by atoms with Crippen LogP contribution >= 0.6 is 12.4 Å². The number of hydrogen-bond acceptors (Lipinski definition) is 4. The minimum atomic E-state index is -3.81. The predicted molar refractivity (Wildman–Crippen MR) is 105 cm³/mol. The maximum atomic E-state index is 12.8. The van der Waals surface area contributed by atoms with Crippen LogP contribution in [0.25, 0.3) is 0 Å². The fourth-order valence-electron chi connectivity index (χ4n) is 4.36. The smallest absolute Gasteiger partial charge is 0.238 e. The minimum Gasteiger partial charge on any atom is -0.327 e. The Morgan fingerprint density at radius 3 is 2.27 bits per heavy atom. The van der Waals surface area contributed by atoms with Crippen molar-refractivity contribution in [2.75, 3.05) is 5.32 Å². The third kappa shape index (κ3) is 4.22. The fraction of sp³-hybridized carbons (Fsp3) is 0.611. The van der Waals surface area contributed by atoms with Crippen LogP contribution in [-0.4, -0.2) is 20.4 Å². The number of nitrogens with one attached hydrogen (secondary N) is 1. The van der Waals surface area contributed by atoms with E-state index in [0.717, 1.165) is 36.8 Å². The summed E-state index contributed by atoms with van der Waals surface area (Å²) < 4.78 is 23.3. The molecular weight excluding hydrogens is 374 g/mol. The molecule has 2 aliphatic carbocycles. The van der Waals surface area contributed by atoms with Crippen LogP contribution in [0.4, 0.5) is 5.69 Å². The highest BCUT2D eigenvalue weighted by atomic mass is 35.5. The van der Waals surface area contributed by atoms with Gasteiger partial charge in [-0.05, 0) is 74.6 Å². The van der Waals surface area contributed by atoms with Gasteiger partial charge in [0.05, 0.1) is 4.90 Å². The van der Waals surface area contributed by atoms with Crippen LogP contribution in [-0.2, 0) is 14.8 Å². The number of fused-ring (bicyclic) bond motifs is 2. The molecule has 146 valence electrons. The summed E-state index contributed by atoms with van der Waals surface area (Å²) in [6, 6.07) is 3.20. The van der Waals surface area contributed by atoms with Crippen LogP contribution in [0.5, 0.6) is 0 Å². The molecule has 1 aromatic rings. The molecule has 0 radical (unpaired) electrons. The molecule has 26 heavy (non-hydrogen) atoms. The lowest BCUT2D eigenvalue weighted by Gasteiger charge is -2.43. The molecule has 0 aromatic heterocycles. The van der Waals surface area contributed by atoms with E-state index in [4.69, 9.17) is 10.9 Å². The molecule has 3 rings (SSSR count). The number of carbonyl (C=O) groups is 1. The van der Waals surface area contributed by atoms with E-state index >= 15 is 0 Å². The first-order valence-corrected chi connectivity index (χ1v) is 10.4. The van der Waals surface area contributed by atoms with Crippen molar-refractivity contribution in [3.05, 3.63) is 23.3 Å². The number of anilines is 1. The molecule has 0 spiro atoms. The summed E-state index contributed by atoms with van der Waals surface area (Å²) in [7, 11) is -3.81. The molecule has 0 saturated heterocycles. The molecule has 0 aliphatic heterocycles. The van der Waals surface area contributed by atoms with Crippen LogP contribution in [0.1, 0.15) is 43.2 Å². The van der Waals surface area contributed by atoms with Crippen molar-refractivity contribution < 1.29 is 13.2 Å². The molecule has 1 amide bonds. The average molecular weight is 402 g/mol. The molecule has 5 N–H and O–H groups in total. The molecular formula is C18H28ClN3O3S. The highest BCUT2D eigenvalue weighted by Crippen LogP contribution is 2.42. The second-order valence-electron chi connectivity index (χ2n) is 7.64. The molecule has 2 bridgehead atoms. The number of halogens is 1. The fourth-order valence-corrected chi connectivity index (χ4v) is 4.98. The number of benzene rings is 1. The van der Waals surface area contributed by atoms with E-state index in [9.17, 15) is 13.2 Å². The summed E-state index contributed by atoms with van der Waals surface area (Å²) in [6.07, 6.45) is 5.03. The van der Waals surface area contributed by atoms with Gasteiger partial charge in [-0.2, -0.15) is 0 Å². The third-order valence-corrected chi connectivity index (χ3v) is 6.90. The van der Waals surface area contributed by atoms with Gasteiger partial charge in [0.1, 0.15) is 0 Å². The van der Waals surface area contributed by atoms with Gasteiger partial charge in [-0.25, -0.2) is 13.6 Å². The summed E-state index contributed by atoms with van der Waals surface area (Å²) in [5.74, 6) is 0.731. The maximum absolute atomic E-state index is 12.8. The number of carbonyl (C=O) groups excluding carboxylic acids is 1. The first-order chi connectivity index (χ1) is 11.7. The Morgan fingerprint density at radius 2 is 1.73 bits per heavy atom. The Labute approximate surface area is 161 Å². The van der Waals surface area contributed by atoms with E-state index in [1.807, 2.05) is 13.8 Å². The van der Waals surface area contributed by atoms with Gasteiger partial charge >= 0.3 is 0 Å². The van der Waals surface area contributed by atoms with Crippen molar-refractivity contribution >= 4 is 34.0 Å². The lowest BCUT2D eigenvalue weighted by atomic mass is 9.65. The van der Waals surface area contributed by atoms with Crippen molar-refractivity contribution in [1.82, 2.24) is 0 Å². The van der Waals surface area contributed by atoms with Gasteiger partial charge in [-0.3, -0.25) is 4.79 Å². The monoisotopic (exact) mass is 401 g/mol. The zero-order chi connectivity index (χ0) is 18.4. The zero-order valence-corrected chi connectivity index (χ0v) is 16.8. The van der Waals surface area contributed by atoms with E-state index in [1.54, 1.807) is 0 Å². The Bertz CT molecular complexity index is 783. The van der Waals surface area contributed by atoms with E-state index in [0.29, 0.717) is 17.5 Å². The number of nitrogens with two attached hydrogens (primary N) is 2. The topological polar surface area (TPSA) is 115 Å². The predicted octanol–water partition coefficient (Wildman–Crippen LogP) is 2.46. The van der Waals surface area contributed by atoms with Gasteiger partial charge < -0.3 is 11.1 Å². The van der Waals surface area contributed by atoms with E-state index in [-0.39, 0.29) is 35.2 Å². The lowest BCUT2D eigenvalue weighted by molar-refractivity contribution is -0.122. The highest BCUT2D eigenvalue weighted by Gasteiger charge is 2.40. The van der Waals surface area contributed by atoms with Crippen molar-refractivity contribution in [2.24, 2.45) is 28.6 Å². The van der Waals surface area contributed by atoms with Crippen molar-refractivity contribution in [1.29, 1.82) is 0 Å². The lowest BCUT2D eigenvalue weighted by Crippen LogP contribution is -2.48. The largest absolute Gasteiger partial charge is 0.327 e. The first-order valence-electron chi connectivity index (χ1n) is 8.87. The SMILES string of the molecule is Cc1cc(S(N)(=O)=O)cc(NC(=O)C2CC3CCCC(C2)C3N)c1C.Cl. The summed E-state index contributed by atoms with van der Waals surface area (Å²) in [6.45, 7) is 3.67. The second kappa shape index (κ2) is 7.84. The Balaban J connectivity index is 0.00000243. The number of aryl methyl sites for hydroxylation is 1. The Kier molecular flexibility index (Phi) is 6.38.